The molecule has 2 aromatic rings. The zero-order valence-electron chi connectivity index (χ0n) is 14.0. The lowest BCUT2D eigenvalue weighted by atomic mass is 9.74. The number of rotatable bonds is 1. The monoisotopic (exact) mass is 296 g/mol. The molecule has 1 aliphatic carbocycles. The van der Waals surface area contributed by atoms with E-state index in [2.05, 4.69) is 27.7 Å². The fraction of sp³-hybridized carbons (Fsp3) is 0.400. The fourth-order valence-corrected chi connectivity index (χ4v) is 4.29. The van der Waals surface area contributed by atoms with Gasteiger partial charge in [-0.2, -0.15) is 0 Å². The maximum Gasteiger partial charge on any atom is 0.119 e. The van der Waals surface area contributed by atoms with E-state index in [0.29, 0.717) is 11.5 Å². The third kappa shape index (κ3) is 1.93. The lowest BCUT2D eigenvalue weighted by Crippen LogP contribution is -2.24. The van der Waals surface area contributed by atoms with Gasteiger partial charge in [-0.05, 0) is 71.7 Å². The Hall–Kier alpha value is -1.96. The van der Waals surface area contributed by atoms with E-state index in [1.165, 1.54) is 22.3 Å². The lowest BCUT2D eigenvalue weighted by molar-refractivity contribution is 0.422. The van der Waals surface area contributed by atoms with Gasteiger partial charge in [-0.1, -0.05) is 32.9 Å². The van der Waals surface area contributed by atoms with Crippen LogP contribution in [0.3, 0.4) is 0 Å². The average molecular weight is 296 g/mol. The van der Waals surface area contributed by atoms with Gasteiger partial charge in [-0.25, -0.2) is 0 Å². The molecule has 0 spiro atoms. The number of hydrogen-bond donors (Lipinski definition) is 2. The number of phenols is 2. The van der Waals surface area contributed by atoms with E-state index >= 15 is 0 Å². The molecule has 0 saturated heterocycles. The molecule has 1 unspecified atom stereocenters. The van der Waals surface area contributed by atoms with Crippen LogP contribution < -0.4 is 0 Å². The zero-order chi connectivity index (χ0) is 16.3. The number of benzene rings is 2. The van der Waals surface area contributed by atoms with E-state index < -0.39 is 0 Å². The van der Waals surface area contributed by atoms with Crippen molar-refractivity contribution in [3.63, 3.8) is 0 Å². The van der Waals surface area contributed by atoms with Crippen molar-refractivity contribution in [3.8, 4) is 11.5 Å². The Morgan fingerprint density at radius 2 is 1.50 bits per heavy atom. The molecular formula is C20H24O2. The molecule has 2 heteroatoms. The number of phenolic OH excluding ortho intramolecular Hbond substituents is 2. The van der Waals surface area contributed by atoms with Crippen molar-refractivity contribution in [3.05, 3.63) is 58.1 Å². The van der Waals surface area contributed by atoms with Crippen molar-refractivity contribution >= 4 is 0 Å². The van der Waals surface area contributed by atoms with Crippen molar-refractivity contribution in [1.82, 2.24) is 0 Å². The first-order chi connectivity index (χ1) is 10.2. The summed E-state index contributed by atoms with van der Waals surface area (Å²) in [5, 5.41) is 19.8. The summed E-state index contributed by atoms with van der Waals surface area (Å²) in [6, 6.07) is 9.50. The van der Waals surface area contributed by atoms with Gasteiger partial charge in [0, 0.05) is 5.41 Å². The van der Waals surface area contributed by atoms with Crippen LogP contribution >= 0.6 is 0 Å². The second-order valence-electron chi connectivity index (χ2n) is 7.51. The number of aromatic hydroxyl groups is 2. The van der Waals surface area contributed by atoms with Crippen LogP contribution in [-0.2, 0) is 10.8 Å². The molecule has 0 amide bonds. The van der Waals surface area contributed by atoms with Crippen molar-refractivity contribution < 1.29 is 10.2 Å². The minimum atomic E-state index is -0.102. The highest BCUT2D eigenvalue weighted by molar-refractivity contribution is 5.60. The Morgan fingerprint density at radius 1 is 0.909 bits per heavy atom. The molecule has 0 radical (unpaired) electrons. The topological polar surface area (TPSA) is 40.5 Å². The van der Waals surface area contributed by atoms with E-state index in [1.54, 1.807) is 12.1 Å². The molecule has 2 aromatic carbocycles. The van der Waals surface area contributed by atoms with Crippen LogP contribution in [0.2, 0.25) is 0 Å². The Labute approximate surface area is 132 Å². The third-order valence-electron chi connectivity index (χ3n) is 5.45. The summed E-state index contributed by atoms with van der Waals surface area (Å²) in [5.74, 6) is 0.683. The minimum Gasteiger partial charge on any atom is -0.508 e. The van der Waals surface area contributed by atoms with Gasteiger partial charge in [0.2, 0.25) is 0 Å². The van der Waals surface area contributed by atoms with Crippen LogP contribution in [0.1, 0.15) is 55.0 Å². The first-order valence-electron chi connectivity index (χ1n) is 7.80. The standard InChI is InChI=1S/C20H24O2/c1-12-13(2)18-16(10-17(12)22)19(3,4)11-20(18,5)14-6-8-15(21)9-7-14/h6-10,21-22H,11H2,1-5H3. The maximum atomic E-state index is 10.2. The first-order valence-corrected chi connectivity index (χ1v) is 7.80. The largest absolute Gasteiger partial charge is 0.508 e. The van der Waals surface area contributed by atoms with Gasteiger partial charge in [-0.3, -0.25) is 0 Å². The first kappa shape index (κ1) is 15.0. The summed E-state index contributed by atoms with van der Waals surface area (Å²) in [5.41, 5.74) is 5.83. The fourth-order valence-electron chi connectivity index (χ4n) is 4.29. The summed E-state index contributed by atoms with van der Waals surface area (Å²) >= 11 is 0. The molecule has 0 bridgehead atoms. The van der Waals surface area contributed by atoms with E-state index in [-0.39, 0.29) is 10.8 Å². The van der Waals surface area contributed by atoms with Gasteiger partial charge >= 0.3 is 0 Å². The van der Waals surface area contributed by atoms with Crippen molar-refractivity contribution in [2.24, 2.45) is 0 Å². The Morgan fingerprint density at radius 3 is 2.09 bits per heavy atom. The quantitative estimate of drug-likeness (QED) is 0.800. The van der Waals surface area contributed by atoms with Crippen molar-refractivity contribution in [2.75, 3.05) is 0 Å². The molecular weight excluding hydrogens is 272 g/mol. The van der Waals surface area contributed by atoms with E-state index in [9.17, 15) is 10.2 Å². The van der Waals surface area contributed by atoms with E-state index in [4.69, 9.17) is 0 Å². The smallest absolute Gasteiger partial charge is 0.119 e. The van der Waals surface area contributed by atoms with Gasteiger partial charge in [0.05, 0.1) is 0 Å². The van der Waals surface area contributed by atoms with Crippen molar-refractivity contribution in [2.45, 2.75) is 51.9 Å². The minimum absolute atomic E-state index is 0.0118. The van der Waals surface area contributed by atoms with E-state index in [0.717, 1.165) is 12.0 Å². The summed E-state index contributed by atoms with van der Waals surface area (Å²) in [6.45, 7) is 10.8. The molecule has 2 N–H and O–H groups in total. The van der Waals surface area contributed by atoms with Crippen LogP contribution in [0.25, 0.3) is 0 Å². The molecule has 0 heterocycles. The highest BCUT2D eigenvalue weighted by atomic mass is 16.3. The van der Waals surface area contributed by atoms with Gasteiger partial charge in [0.25, 0.3) is 0 Å². The third-order valence-corrected chi connectivity index (χ3v) is 5.45. The molecule has 3 rings (SSSR count). The number of fused-ring (bicyclic) bond motifs is 1. The predicted octanol–water partition coefficient (Wildman–Crippen LogP) is 4.70. The normalized spacial score (nSPS) is 22.6. The summed E-state index contributed by atoms with van der Waals surface area (Å²) in [6.07, 6.45) is 0.990. The Balaban J connectivity index is 2.31. The average Bonchev–Trinajstić information content (AvgIpc) is 2.64. The molecule has 0 fully saturated rings. The van der Waals surface area contributed by atoms with Gasteiger partial charge < -0.3 is 10.2 Å². The highest BCUT2D eigenvalue weighted by Gasteiger charge is 2.47. The van der Waals surface area contributed by atoms with Crippen LogP contribution in [0, 0.1) is 13.8 Å². The predicted molar refractivity (Wildman–Crippen MR) is 89.8 cm³/mol. The molecule has 0 aliphatic heterocycles. The molecule has 22 heavy (non-hydrogen) atoms. The molecule has 1 aliphatic rings. The second kappa shape index (κ2) is 4.52. The van der Waals surface area contributed by atoms with E-state index in [1.807, 2.05) is 25.1 Å². The zero-order valence-corrected chi connectivity index (χ0v) is 14.0. The number of hydrogen-bond acceptors (Lipinski definition) is 2. The molecule has 1 atom stereocenters. The maximum absolute atomic E-state index is 10.2. The molecule has 0 saturated carbocycles. The Kier molecular flexibility index (Phi) is 3.07. The molecule has 116 valence electrons. The SMILES string of the molecule is Cc1c(O)cc2c(c1C)C(C)(c1ccc(O)cc1)CC2(C)C. The van der Waals surface area contributed by atoms with Gasteiger partial charge in [0.15, 0.2) is 0 Å². The van der Waals surface area contributed by atoms with Crippen LogP contribution in [0.4, 0.5) is 0 Å². The Bertz CT molecular complexity index is 741. The van der Waals surface area contributed by atoms with Crippen molar-refractivity contribution in [1.29, 1.82) is 0 Å². The summed E-state index contributed by atoms with van der Waals surface area (Å²) < 4.78 is 0. The van der Waals surface area contributed by atoms with Crippen LogP contribution in [0.5, 0.6) is 11.5 Å². The summed E-state index contributed by atoms with van der Waals surface area (Å²) in [7, 11) is 0. The second-order valence-corrected chi connectivity index (χ2v) is 7.51. The lowest BCUT2D eigenvalue weighted by Gasteiger charge is -2.29. The van der Waals surface area contributed by atoms with Gasteiger partial charge in [0.1, 0.15) is 11.5 Å². The van der Waals surface area contributed by atoms with Crippen LogP contribution in [-0.4, -0.2) is 10.2 Å². The molecule has 0 aromatic heterocycles. The van der Waals surface area contributed by atoms with Gasteiger partial charge in [-0.15, -0.1) is 0 Å². The molecule has 2 nitrogen and oxygen atoms in total. The highest BCUT2D eigenvalue weighted by Crippen LogP contribution is 2.55. The van der Waals surface area contributed by atoms with Crippen LogP contribution in [0.15, 0.2) is 30.3 Å². The summed E-state index contributed by atoms with van der Waals surface area (Å²) in [4.78, 5) is 0.